The lowest BCUT2D eigenvalue weighted by molar-refractivity contribution is 0.213. The van der Waals surface area contributed by atoms with E-state index in [-0.39, 0.29) is 10.5 Å². The lowest BCUT2D eigenvalue weighted by atomic mass is 9.99. The van der Waals surface area contributed by atoms with E-state index in [0.717, 1.165) is 63.5 Å². The maximum Gasteiger partial charge on any atom is 0.419 e. The Kier molecular flexibility index (Phi) is 7.56. The van der Waals surface area contributed by atoms with Crippen molar-refractivity contribution < 1.29 is 4.79 Å². The number of carbonyl (C=O) groups excluding carboxylic acids is 1. The molecule has 0 aliphatic rings. The van der Waals surface area contributed by atoms with Crippen LogP contribution in [0.15, 0.2) is 73.1 Å². The predicted molar refractivity (Wildman–Crippen MR) is 164 cm³/mol. The van der Waals surface area contributed by atoms with Gasteiger partial charge in [-0.3, -0.25) is 4.68 Å². The minimum atomic E-state index is -0.344. The number of aromatic amines is 1. The van der Waals surface area contributed by atoms with Crippen LogP contribution in [-0.2, 0) is 13.1 Å². The van der Waals surface area contributed by atoms with Crippen molar-refractivity contribution in [3.05, 3.63) is 78.6 Å². The number of quaternary nitrogens is 1. The van der Waals surface area contributed by atoms with E-state index in [2.05, 4.69) is 78.5 Å². The highest BCUT2D eigenvalue weighted by Gasteiger charge is 2.34. The third-order valence-electron chi connectivity index (χ3n) is 7.81. The summed E-state index contributed by atoms with van der Waals surface area (Å²) in [6.45, 7) is 8.92. The van der Waals surface area contributed by atoms with Gasteiger partial charge < -0.3 is 15.6 Å². The molecule has 3 aromatic heterocycles. The molecule has 0 fully saturated rings. The van der Waals surface area contributed by atoms with E-state index in [9.17, 15) is 4.79 Å². The minimum Gasteiger partial charge on any atom is -0.339 e. The van der Waals surface area contributed by atoms with Crippen LogP contribution in [0.4, 0.5) is 10.5 Å². The fraction of sp³-hybridized carbons (Fsp3) is 0.281. The molecule has 0 saturated carbocycles. The molecule has 0 saturated heterocycles. The number of benzene rings is 2. The number of primary amides is 1. The van der Waals surface area contributed by atoms with Crippen molar-refractivity contribution >= 4 is 22.8 Å². The van der Waals surface area contributed by atoms with E-state index in [4.69, 9.17) is 10.8 Å². The summed E-state index contributed by atoms with van der Waals surface area (Å²) < 4.78 is 2.08. The summed E-state index contributed by atoms with van der Waals surface area (Å²) in [5.74, 6) is 0. The van der Waals surface area contributed by atoms with E-state index in [1.165, 1.54) is 5.56 Å². The number of hydrogen-bond acceptors (Lipinski definition) is 4. The molecule has 0 spiro atoms. The van der Waals surface area contributed by atoms with Gasteiger partial charge in [0, 0.05) is 59.8 Å². The van der Waals surface area contributed by atoms with Crippen LogP contribution in [0.3, 0.4) is 0 Å². The lowest BCUT2D eigenvalue weighted by Gasteiger charge is -2.31. The molecule has 0 unspecified atom stereocenters. The minimum absolute atomic E-state index is 0.115. The summed E-state index contributed by atoms with van der Waals surface area (Å²) in [6, 6.07) is 20.6. The highest BCUT2D eigenvalue weighted by molar-refractivity contribution is 5.99. The summed E-state index contributed by atoms with van der Waals surface area (Å²) in [5, 5.41) is 5.98. The fourth-order valence-electron chi connectivity index (χ4n) is 5.50. The molecule has 3 heterocycles. The van der Waals surface area contributed by atoms with Crippen molar-refractivity contribution in [2.24, 2.45) is 5.73 Å². The number of urea groups is 1. The Balaban J connectivity index is 1.56. The van der Waals surface area contributed by atoms with Crippen LogP contribution in [-0.4, -0.2) is 57.9 Å². The molecular formula is C32H38N7O+. The molecule has 40 heavy (non-hydrogen) atoms. The Morgan fingerprint density at radius 2 is 1.62 bits per heavy atom. The molecule has 5 rings (SSSR count). The quantitative estimate of drug-likeness (QED) is 0.217. The highest BCUT2D eigenvalue weighted by Crippen LogP contribution is 2.37. The number of nitrogens with two attached hydrogens (primary N) is 1. The van der Waals surface area contributed by atoms with Crippen LogP contribution in [0.2, 0.25) is 0 Å². The van der Waals surface area contributed by atoms with Gasteiger partial charge in [0.05, 0.1) is 13.1 Å². The van der Waals surface area contributed by atoms with E-state index >= 15 is 0 Å². The molecule has 0 bridgehead atoms. The Morgan fingerprint density at radius 1 is 0.950 bits per heavy atom. The van der Waals surface area contributed by atoms with Gasteiger partial charge in [-0.1, -0.05) is 24.3 Å². The summed E-state index contributed by atoms with van der Waals surface area (Å²) in [4.78, 5) is 22.7. The Hall–Kier alpha value is -4.27. The molecule has 8 nitrogen and oxygen atoms in total. The van der Waals surface area contributed by atoms with Crippen LogP contribution >= 0.6 is 0 Å². The SMILES string of the molecule is CCn1cc(-c2ccnc3[nH]c(-c4ccc(CN(C)C)cc4)cc23)c(-c2ccc([N+](CC)(CC)C(N)=O)cc2)n1. The average molecular weight is 537 g/mol. The van der Waals surface area contributed by atoms with Crippen LogP contribution < -0.4 is 10.2 Å². The summed E-state index contributed by atoms with van der Waals surface area (Å²) >= 11 is 0. The van der Waals surface area contributed by atoms with E-state index < -0.39 is 0 Å². The Bertz CT molecular complexity index is 1620. The number of fused-ring (bicyclic) bond motifs is 1. The topological polar surface area (TPSA) is 92.8 Å². The second-order valence-electron chi connectivity index (χ2n) is 10.5. The van der Waals surface area contributed by atoms with Crippen LogP contribution in [0.5, 0.6) is 0 Å². The first-order valence-corrected chi connectivity index (χ1v) is 13.9. The summed E-state index contributed by atoms with van der Waals surface area (Å²) in [5.41, 5.74) is 15.0. The van der Waals surface area contributed by atoms with Crippen LogP contribution in [0, 0.1) is 0 Å². The van der Waals surface area contributed by atoms with Crippen molar-refractivity contribution in [2.45, 2.75) is 33.9 Å². The van der Waals surface area contributed by atoms with Gasteiger partial charge in [-0.25, -0.2) is 14.3 Å². The van der Waals surface area contributed by atoms with E-state index in [1.807, 2.05) is 49.0 Å². The van der Waals surface area contributed by atoms with Gasteiger partial charge >= 0.3 is 6.03 Å². The zero-order chi connectivity index (χ0) is 28.4. The number of nitrogens with one attached hydrogen (secondary N) is 1. The normalized spacial score (nSPS) is 11.9. The number of aryl methyl sites for hydroxylation is 1. The van der Waals surface area contributed by atoms with Crippen LogP contribution in [0.1, 0.15) is 26.3 Å². The zero-order valence-electron chi connectivity index (χ0n) is 24.0. The lowest BCUT2D eigenvalue weighted by Crippen LogP contribution is -2.56. The number of hydrogen-bond donors (Lipinski definition) is 2. The molecule has 0 aliphatic carbocycles. The molecule has 0 radical (unpaired) electrons. The average Bonchev–Trinajstić information content (AvgIpc) is 3.59. The van der Waals surface area contributed by atoms with Gasteiger partial charge in [-0.2, -0.15) is 5.10 Å². The molecule has 2 aromatic carbocycles. The fourth-order valence-corrected chi connectivity index (χ4v) is 5.50. The van der Waals surface area contributed by atoms with Crippen LogP contribution in [0.25, 0.3) is 44.7 Å². The molecule has 0 atom stereocenters. The third kappa shape index (κ3) is 4.92. The molecule has 8 heteroatoms. The number of amides is 2. The van der Waals surface area contributed by atoms with Crippen molar-refractivity contribution in [3.63, 3.8) is 0 Å². The maximum absolute atomic E-state index is 12.4. The highest BCUT2D eigenvalue weighted by atomic mass is 16.2. The Labute approximate surface area is 235 Å². The molecule has 206 valence electrons. The predicted octanol–water partition coefficient (Wildman–Crippen LogP) is 6.27. The number of nitrogens with zero attached hydrogens (tertiary/aromatic N) is 5. The van der Waals surface area contributed by atoms with Crippen molar-refractivity contribution in [1.82, 2.24) is 29.1 Å². The standard InChI is InChI=1S/C32H37N7O/c1-6-38-21-28(30(36-38)24-13-15-25(16-14-24)39(7-2,8-3)32(33)40)26-17-18-34-31-27(26)19-29(35-31)23-11-9-22(10-12-23)20-37(4)5/h9-19,21H,6-8,20H2,1-5H3,(H2-,33,34,35,40)/p+1. The van der Waals surface area contributed by atoms with E-state index in [1.54, 1.807) is 0 Å². The number of aromatic nitrogens is 4. The first kappa shape index (κ1) is 27.3. The second-order valence-corrected chi connectivity index (χ2v) is 10.5. The number of pyridine rings is 1. The van der Waals surface area contributed by atoms with Gasteiger partial charge in [0.1, 0.15) is 17.0 Å². The van der Waals surface area contributed by atoms with Crippen molar-refractivity contribution in [3.8, 4) is 33.6 Å². The van der Waals surface area contributed by atoms with E-state index in [0.29, 0.717) is 13.1 Å². The second kappa shape index (κ2) is 11.1. The van der Waals surface area contributed by atoms with Gasteiger partial charge in [-0.05, 0) is 75.8 Å². The first-order chi connectivity index (χ1) is 19.3. The summed E-state index contributed by atoms with van der Waals surface area (Å²) in [6.07, 6.45) is 3.94. The maximum atomic E-state index is 12.4. The number of rotatable bonds is 9. The molecule has 5 aromatic rings. The number of carbonyl (C=O) groups is 1. The summed E-state index contributed by atoms with van der Waals surface area (Å²) in [7, 11) is 4.15. The van der Waals surface area contributed by atoms with Crippen molar-refractivity contribution in [2.75, 3.05) is 27.2 Å². The largest absolute Gasteiger partial charge is 0.419 e. The molecule has 2 amide bonds. The van der Waals surface area contributed by atoms with Gasteiger partial charge in [0.15, 0.2) is 0 Å². The van der Waals surface area contributed by atoms with Crippen molar-refractivity contribution in [1.29, 1.82) is 0 Å². The van der Waals surface area contributed by atoms with Gasteiger partial charge in [0.2, 0.25) is 0 Å². The zero-order valence-corrected chi connectivity index (χ0v) is 24.0. The van der Waals surface area contributed by atoms with Gasteiger partial charge in [-0.15, -0.1) is 0 Å². The third-order valence-corrected chi connectivity index (χ3v) is 7.81. The monoisotopic (exact) mass is 536 g/mol. The number of H-pyrrole nitrogens is 1. The molecule has 3 N–H and O–H groups in total. The smallest absolute Gasteiger partial charge is 0.339 e. The molecule has 0 aliphatic heterocycles. The van der Waals surface area contributed by atoms with Gasteiger partial charge in [0.25, 0.3) is 0 Å². The Morgan fingerprint density at radius 3 is 2.23 bits per heavy atom. The molecular weight excluding hydrogens is 498 g/mol. The first-order valence-electron chi connectivity index (χ1n) is 13.9.